The number of fused-ring (bicyclic) bond motifs is 3. The average Bonchev–Trinajstić information content (AvgIpc) is 2.94. The van der Waals surface area contributed by atoms with E-state index in [9.17, 15) is 4.79 Å². The molecular formula is C18H15ClN4O. The van der Waals surface area contributed by atoms with Crippen molar-refractivity contribution in [3.8, 4) is 5.69 Å². The summed E-state index contributed by atoms with van der Waals surface area (Å²) in [6.45, 7) is 3.75. The Labute approximate surface area is 144 Å². The first-order chi connectivity index (χ1) is 11.6. The first kappa shape index (κ1) is 14.9. The number of aryl methyl sites for hydroxylation is 1. The molecule has 0 aliphatic carbocycles. The van der Waals surface area contributed by atoms with E-state index in [1.807, 2.05) is 54.8 Å². The number of amides is 1. The van der Waals surface area contributed by atoms with Gasteiger partial charge in [-0.1, -0.05) is 23.7 Å². The van der Waals surface area contributed by atoms with Crippen LogP contribution in [0.2, 0.25) is 5.02 Å². The molecule has 6 heteroatoms. The van der Waals surface area contributed by atoms with E-state index in [1.54, 1.807) is 17.0 Å². The summed E-state index contributed by atoms with van der Waals surface area (Å²) in [7, 11) is 0. The summed E-state index contributed by atoms with van der Waals surface area (Å²) >= 11 is 6.00. The number of rotatable bonds is 1. The van der Waals surface area contributed by atoms with E-state index in [1.165, 1.54) is 0 Å². The lowest BCUT2D eigenvalue weighted by atomic mass is 10.1. The van der Waals surface area contributed by atoms with Gasteiger partial charge in [-0.25, -0.2) is 0 Å². The van der Waals surface area contributed by atoms with Crippen molar-refractivity contribution in [2.45, 2.75) is 19.8 Å². The zero-order valence-corrected chi connectivity index (χ0v) is 14.0. The average molecular weight is 339 g/mol. The summed E-state index contributed by atoms with van der Waals surface area (Å²) in [4.78, 5) is 14.9. The second-order valence-corrected chi connectivity index (χ2v) is 6.24. The van der Waals surface area contributed by atoms with Crippen LogP contribution in [0, 0.1) is 6.92 Å². The molecule has 120 valence electrons. The quantitative estimate of drug-likeness (QED) is 0.673. The molecule has 0 bridgehead atoms. The van der Waals surface area contributed by atoms with E-state index in [0.717, 1.165) is 22.9 Å². The van der Waals surface area contributed by atoms with Crippen LogP contribution in [0.5, 0.6) is 0 Å². The molecular weight excluding hydrogens is 324 g/mol. The Morgan fingerprint density at radius 2 is 1.67 bits per heavy atom. The van der Waals surface area contributed by atoms with Crippen LogP contribution >= 0.6 is 11.6 Å². The van der Waals surface area contributed by atoms with Crippen LogP contribution in [0.15, 0.2) is 48.5 Å². The fourth-order valence-corrected chi connectivity index (χ4v) is 3.20. The summed E-state index contributed by atoms with van der Waals surface area (Å²) in [5, 5.41) is 9.03. The van der Waals surface area contributed by atoms with Crippen molar-refractivity contribution in [2.75, 3.05) is 4.90 Å². The van der Waals surface area contributed by atoms with Gasteiger partial charge < -0.3 is 0 Å². The van der Waals surface area contributed by atoms with E-state index in [-0.39, 0.29) is 5.91 Å². The van der Waals surface area contributed by atoms with Gasteiger partial charge in [0.25, 0.3) is 0 Å². The molecule has 0 saturated heterocycles. The summed E-state index contributed by atoms with van der Waals surface area (Å²) in [5.74, 6) is 0.960. The molecule has 1 unspecified atom stereocenters. The van der Waals surface area contributed by atoms with Crippen molar-refractivity contribution in [3.63, 3.8) is 0 Å². The fraction of sp³-hybridized carbons (Fsp3) is 0.167. The van der Waals surface area contributed by atoms with Crippen molar-refractivity contribution in [3.05, 3.63) is 65.2 Å². The highest BCUT2D eigenvalue weighted by Gasteiger charge is 2.34. The number of carbonyl (C=O) groups is 1. The van der Waals surface area contributed by atoms with Gasteiger partial charge in [-0.2, -0.15) is 0 Å². The molecule has 0 spiro atoms. The van der Waals surface area contributed by atoms with Gasteiger partial charge >= 0.3 is 0 Å². The normalized spacial score (nSPS) is 16.5. The number of nitrogens with zero attached hydrogens (tertiary/aromatic N) is 4. The standard InChI is InChI=1S/C18H15ClN4O/c1-11-17-21-20-12(2)22(17)15-5-3-4-6-16(15)23(18(11)24)14-9-7-13(19)8-10-14/h3-11H,1-2H3. The lowest BCUT2D eigenvalue weighted by molar-refractivity contribution is -0.119. The number of para-hydroxylation sites is 2. The van der Waals surface area contributed by atoms with Crippen molar-refractivity contribution < 1.29 is 4.79 Å². The van der Waals surface area contributed by atoms with Gasteiger partial charge in [0.05, 0.1) is 17.3 Å². The van der Waals surface area contributed by atoms with E-state index in [4.69, 9.17) is 11.6 Å². The Kier molecular flexibility index (Phi) is 3.39. The van der Waals surface area contributed by atoms with Crippen LogP contribution in [-0.2, 0) is 4.79 Å². The summed E-state index contributed by atoms with van der Waals surface area (Å²) in [6.07, 6.45) is 0. The van der Waals surface area contributed by atoms with Gasteiger partial charge in [0.15, 0.2) is 0 Å². The molecule has 3 aromatic rings. The zero-order chi connectivity index (χ0) is 16.8. The molecule has 2 heterocycles. The lowest BCUT2D eigenvalue weighted by Crippen LogP contribution is -2.29. The van der Waals surface area contributed by atoms with Gasteiger partial charge in [-0.15, -0.1) is 10.2 Å². The third kappa shape index (κ3) is 2.12. The molecule has 0 saturated carbocycles. The Bertz CT molecular complexity index is 932. The Morgan fingerprint density at radius 3 is 2.38 bits per heavy atom. The predicted octanol–water partition coefficient (Wildman–Crippen LogP) is 4.01. The smallest absolute Gasteiger partial charge is 0.242 e. The highest BCUT2D eigenvalue weighted by molar-refractivity contribution is 6.30. The number of hydrogen-bond donors (Lipinski definition) is 0. The molecule has 0 radical (unpaired) electrons. The summed E-state index contributed by atoms with van der Waals surface area (Å²) in [6, 6.07) is 15.0. The molecule has 1 amide bonds. The SMILES string of the molecule is Cc1nnc2n1-c1ccccc1N(c1ccc(Cl)cc1)C(=O)C2C. The lowest BCUT2D eigenvalue weighted by Gasteiger charge is -2.24. The van der Waals surface area contributed by atoms with Gasteiger partial charge in [0.1, 0.15) is 11.6 Å². The second-order valence-electron chi connectivity index (χ2n) is 5.80. The predicted molar refractivity (Wildman–Crippen MR) is 93.1 cm³/mol. The van der Waals surface area contributed by atoms with E-state index in [0.29, 0.717) is 10.8 Å². The minimum atomic E-state index is -0.408. The minimum absolute atomic E-state index is 0.0454. The van der Waals surface area contributed by atoms with Gasteiger partial charge in [0, 0.05) is 10.7 Å². The van der Waals surface area contributed by atoms with Gasteiger partial charge in [-0.3, -0.25) is 14.3 Å². The Hall–Kier alpha value is -2.66. The van der Waals surface area contributed by atoms with Crippen molar-refractivity contribution >= 4 is 28.9 Å². The van der Waals surface area contributed by atoms with E-state index >= 15 is 0 Å². The van der Waals surface area contributed by atoms with E-state index < -0.39 is 5.92 Å². The number of aromatic nitrogens is 3. The molecule has 1 aliphatic heterocycles. The van der Waals surface area contributed by atoms with Crippen LogP contribution in [0.1, 0.15) is 24.5 Å². The Balaban J connectivity index is 2.00. The number of hydrogen-bond acceptors (Lipinski definition) is 3. The van der Waals surface area contributed by atoms with Gasteiger partial charge in [0.2, 0.25) is 5.91 Å². The molecule has 1 atom stereocenters. The first-order valence-corrected chi connectivity index (χ1v) is 8.06. The number of carbonyl (C=O) groups excluding carboxylic acids is 1. The Morgan fingerprint density at radius 1 is 1.00 bits per heavy atom. The third-order valence-electron chi connectivity index (χ3n) is 4.28. The van der Waals surface area contributed by atoms with Crippen LogP contribution < -0.4 is 4.90 Å². The minimum Gasteiger partial charge on any atom is -0.280 e. The fourth-order valence-electron chi connectivity index (χ4n) is 3.08. The summed E-state index contributed by atoms with van der Waals surface area (Å²) < 4.78 is 1.95. The zero-order valence-electron chi connectivity index (χ0n) is 13.3. The van der Waals surface area contributed by atoms with E-state index in [2.05, 4.69) is 10.2 Å². The van der Waals surface area contributed by atoms with Crippen molar-refractivity contribution in [1.82, 2.24) is 14.8 Å². The maximum atomic E-state index is 13.2. The van der Waals surface area contributed by atoms with Crippen molar-refractivity contribution in [2.24, 2.45) is 0 Å². The number of anilines is 2. The molecule has 24 heavy (non-hydrogen) atoms. The monoisotopic (exact) mass is 338 g/mol. The third-order valence-corrected chi connectivity index (χ3v) is 4.53. The van der Waals surface area contributed by atoms with Crippen LogP contribution in [-0.4, -0.2) is 20.7 Å². The topological polar surface area (TPSA) is 51.0 Å². The summed E-state index contributed by atoms with van der Waals surface area (Å²) in [5.41, 5.74) is 2.47. The second kappa shape index (κ2) is 5.46. The molecule has 4 rings (SSSR count). The van der Waals surface area contributed by atoms with Crippen LogP contribution in [0.3, 0.4) is 0 Å². The molecule has 2 aromatic carbocycles. The first-order valence-electron chi connectivity index (χ1n) is 7.69. The maximum absolute atomic E-state index is 13.2. The van der Waals surface area contributed by atoms with Crippen LogP contribution in [0.4, 0.5) is 11.4 Å². The highest BCUT2D eigenvalue weighted by Crippen LogP contribution is 2.38. The van der Waals surface area contributed by atoms with Crippen molar-refractivity contribution in [1.29, 1.82) is 0 Å². The number of halogens is 1. The molecule has 0 N–H and O–H groups in total. The molecule has 1 aromatic heterocycles. The van der Waals surface area contributed by atoms with Crippen LogP contribution in [0.25, 0.3) is 5.69 Å². The highest BCUT2D eigenvalue weighted by atomic mass is 35.5. The maximum Gasteiger partial charge on any atom is 0.242 e. The molecule has 1 aliphatic rings. The molecule has 0 fully saturated rings. The largest absolute Gasteiger partial charge is 0.280 e. The number of benzene rings is 2. The van der Waals surface area contributed by atoms with Gasteiger partial charge in [-0.05, 0) is 50.2 Å². The molecule has 5 nitrogen and oxygen atoms in total.